The van der Waals surface area contributed by atoms with Crippen LogP contribution < -0.4 is 5.32 Å². The van der Waals surface area contributed by atoms with E-state index in [0.717, 1.165) is 13.1 Å². The average Bonchev–Trinajstić information content (AvgIpc) is 3.17. The zero-order chi connectivity index (χ0) is 18.4. The molecule has 1 fully saturated rings. The molecule has 0 aliphatic carbocycles. The van der Waals surface area contributed by atoms with Gasteiger partial charge in [0.25, 0.3) is 0 Å². The highest BCUT2D eigenvalue weighted by atomic mass is 35.5. The quantitative estimate of drug-likeness (QED) is 0.759. The second-order valence-electron chi connectivity index (χ2n) is 5.89. The van der Waals surface area contributed by atoms with E-state index in [2.05, 4.69) is 16.3 Å². The smallest absolute Gasteiger partial charge is 0.244 e. The molecule has 1 atom stereocenters. The molecule has 1 saturated heterocycles. The lowest BCUT2D eigenvalue weighted by Crippen LogP contribution is -2.43. The Labute approximate surface area is 161 Å². The fourth-order valence-electron chi connectivity index (χ4n) is 2.86. The van der Waals surface area contributed by atoms with Crippen LogP contribution in [-0.4, -0.2) is 43.7 Å². The number of amides is 1. The van der Waals surface area contributed by atoms with Gasteiger partial charge in [-0.1, -0.05) is 23.7 Å². The average molecular weight is 395 g/mol. The molecule has 0 saturated carbocycles. The summed E-state index contributed by atoms with van der Waals surface area (Å²) in [5.74, 6) is -0.731. The Morgan fingerprint density at radius 3 is 2.85 bits per heavy atom. The summed E-state index contributed by atoms with van der Waals surface area (Å²) in [5.41, 5.74) is 0.215. The number of hydrogen-bond donors (Lipinski definition) is 1. The third kappa shape index (κ3) is 4.92. The van der Waals surface area contributed by atoms with E-state index in [1.54, 1.807) is 17.4 Å². The predicted octanol–water partition coefficient (Wildman–Crippen LogP) is 3.74. The van der Waals surface area contributed by atoms with Crippen molar-refractivity contribution in [1.29, 1.82) is 0 Å². The molecule has 2 aromatic rings. The molecule has 1 aliphatic heterocycles. The van der Waals surface area contributed by atoms with Crippen LogP contribution in [0.25, 0.3) is 6.08 Å². The predicted molar refractivity (Wildman–Crippen MR) is 103 cm³/mol. The molecule has 7 heteroatoms. The van der Waals surface area contributed by atoms with Crippen molar-refractivity contribution >= 4 is 34.9 Å². The molecular formula is C19H20ClFN2O2S. The topological polar surface area (TPSA) is 41.6 Å². The Morgan fingerprint density at radius 2 is 2.15 bits per heavy atom. The molecule has 1 amide bonds. The molecule has 0 radical (unpaired) electrons. The molecule has 4 nitrogen and oxygen atoms in total. The Morgan fingerprint density at radius 1 is 1.35 bits per heavy atom. The molecule has 3 rings (SSSR count). The van der Waals surface area contributed by atoms with Crippen molar-refractivity contribution < 1.29 is 13.9 Å². The summed E-state index contributed by atoms with van der Waals surface area (Å²) in [6.45, 7) is 3.54. The summed E-state index contributed by atoms with van der Waals surface area (Å²) in [5, 5.41) is 5.22. The summed E-state index contributed by atoms with van der Waals surface area (Å²) in [6, 6.07) is 8.63. The van der Waals surface area contributed by atoms with E-state index in [-0.39, 0.29) is 22.5 Å². The fourth-order valence-corrected chi connectivity index (χ4v) is 3.95. The SMILES string of the molecule is O=C(/C=C/c1c(F)cccc1Cl)NCC(c1cccs1)N1CCOCC1. The summed E-state index contributed by atoms with van der Waals surface area (Å²) in [4.78, 5) is 15.7. The number of hydrogen-bond acceptors (Lipinski definition) is 4. The molecule has 26 heavy (non-hydrogen) atoms. The van der Waals surface area contributed by atoms with Gasteiger partial charge in [0.05, 0.1) is 24.3 Å². The van der Waals surface area contributed by atoms with Crippen molar-refractivity contribution in [1.82, 2.24) is 10.2 Å². The van der Waals surface area contributed by atoms with Crippen molar-refractivity contribution in [2.75, 3.05) is 32.8 Å². The number of halogens is 2. The van der Waals surface area contributed by atoms with Gasteiger partial charge in [-0.2, -0.15) is 0 Å². The normalized spacial score (nSPS) is 16.7. The number of carbonyl (C=O) groups excluding carboxylic acids is 1. The van der Waals surface area contributed by atoms with Gasteiger partial charge < -0.3 is 10.1 Å². The van der Waals surface area contributed by atoms with E-state index in [1.807, 2.05) is 11.4 Å². The number of nitrogens with zero attached hydrogens (tertiary/aromatic N) is 1. The molecular weight excluding hydrogens is 375 g/mol. The first-order valence-electron chi connectivity index (χ1n) is 8.40. The molecule has 2 heterocycles. The molecule has 0 bridgehead atoms. The molecule has 1 N–H and O–H groups in total. The number of rotatable bonds is 6. The Bertz CT molecular complexity index is 741. The Kier molecular flexibility index (Phi) is 6.80. The van der Waals surface area contributed by atoms with Crippen molar-refractivity contribution in [3.63, 3.8) is 0 Å². The number of carbonyl (C=O) groups is 1. The van der Waals surface area contributed by atoms with Crippen LogP contribution in [0.2, 0.25) is 5.02 Å². The molecule has 1 unspecified atom stereocenters. The lowest BCUT2D eigenvalue weighted by atomic mass is 10.1. The third-order valence-corrected chi connectivity index (χ3v) is 5.53. The minimum Gasteiger partial charge on any atom is -0.379 e. The number of ether oxygens (including phenoxy) is 1. The monoisotopic (exact) mass is 394 g/mol. The number of nitrogens with one attached hydrogen (secondary N) is 1. The maximum absolute atomic E-state index is 13.8. The lowest BCUT2D eigenvalue weighted by Gasteiger charge is -2.34. The van der Waals surface area contributed by atoms with Crippen LogP contribution in [-0.2, 0) is 9.53 Å². The highest BCUT2D eigenvalue weighted by molar-refractivity contribution is 7.10. The van der Waals surface area contributed by atoms with Crippen molar-refractivity contribution in [2.45, 2.75) is 6.04 Å². The van der Waals surface area contributed by atoms with Gasteiger partial charge in [-0.3, -0.25) is 9.69 Å². The molecule has 138 valence electrons. The first kappa shape index (κ1) is 19.0. The number of morpholine rings is 1. The van der Waals surface area contributed by atoms with Crippen LogP contribution in [0.5, 0.6) is 0 Å². The minimum atomic E-state index is -0.452. The summed E-state index contributed by atoms with van der Waals surface area (Å²) < 4.78 is 19.2. The standard InChI is InChI=1S/C19H20ClFN2O2S/c20-15-3-1-4-16(21)14(15)6-7-19(24)22-13-17(18-5-2-12-26-18)23-8-10-25-11-9-23/h1-7,12,17H,8-11,13H2,(H,22,24)/b7-6+. The van der Waals surface area contributed by atoms with E-state index >= 15 is 0 Å². The van der Waals surface area contributed by atoms with Crippen molar-refractivity contribution in [2.24, 2.45) is 0 Å². The first-order valence-corrected chi connectivity index (χ1v) is 9.66. The first-order chi connectivity index (χ1) is 12.6. The molecule has 1 aromatic heterocycles. The van der Waals surface area contributed by atoms with Crippen LogP contribution in [0.15, 0.2) is 41.8 Å². The second-order valence-corrected chi connectivity index (χ2v) is 7.28. The van der Waals surface area contributed by atoms with Gasteiger partial charge in [-0.05, 0) is 29.7 Å². The van der Waals surface area contributed by atoms with Crippen LogP contribution in [0.1, 0.15) is 16.5 Å². The maximum atomic E-state index is 13.8. The zero-order valence-corrected chi connectivity index (χ0v) is 15.7. The van der Waals surface area contributed by atoms with E-state index < -0.39 is 5.82 Å². The van der Waals surface area contributed by atoms with Gasteiger partial charge in [0.2, 0.25) is 5.91 Å². The van der Waals surface area contributed by atoms with Gasteiger partial charge >= 0.3 is 0 Å². The maximum Gasteiger partial charge on any atom is 0.244 e. The van der Waals surface area contributed by atoms with Gasteiger partial charge in [0, 0.05) is 36.2 Å². The van der Waals surface area contributed by atoms with Crippen molar-refractivity contribution in [3.8, 4) is 0 Å². The second kappa shape index (κ2) is 9.28. The number of benzene rings is 1. The van der Waals surface area contributed by atoms with Gasteiger partial charge in [-0.25, -0.2) is 4.39 Å². The summed E-state index contributed by atoms with van der Waals surface area (Å²) >= 11 is 7.64. The summed E-state index contributed by atoms with van der Waals surface area (Å²) in [7, 11) is 0. The lowest BCUT2D eigenvalue weighted by molar-refractivity contribution is -0.116. The van der Waals surface area contributed by atoms with Gasteiger partial charge in [-0.15, -0.1) is 11.3 Å². The van der Waals surface area contributed by atoms with Crippen LogP contribution in [0.3, 0.4) is 0 Å². The molecule has 1 aliphatic rings. The van der Waals surface area contributed by atoms with E-state index in [4.69, 9.17) is 16.3 Å². The Hall–Kier alpha value is -1.73. The highest BCUT2D eigenvalue weighted by Gasteiger charge is 2.23. The number of thiophene rings is 1. The van der Waals surface area contributed by atoms with Crippen LogP contribution in [0, 0.1) is 5.82 Å². The van der Waals surface area contributed by atoms with Crippen LogP contribution >= 0.6 is 22.9 Å². The van der Waals surface area contributed by atoms with E-state index in [9.17, 15) is 9.18 Å². The highest BCUT2D eigenvalue weighted by Crippen LogP contribution is 2.25. The third-order valence-electron chi connectivity index (χ3n) is 4.23. The van der Waals surface area contributed by atoms with E-state index in [1.165, 1.54) is 29.2 Å². The van der Waals surface area contributed by atoms with E-state index in [0.29, 0.717) is 19.8 Å². The van der Waals surface area contributed by atoms with Crippen molar-refractivity contribution in [3.05, 3.63) is 63.1 Å². The minimum absolute atomic E-state index is 0.105. The van der Waals surface area contributed by atoms with Gasteiger partial charge in [0.15, 0.2) is 0 Å². The summed E-state index contributed by atoms with van der Waals surface area (Å²) in [6.07, 6.45) is 2.72. The molecule has 1 aromatic carbocycles. The zero-order valence-electron chi connectivity index (χ0n) is 14.2. The largest absolute Gasteiger partial charge is 0.379 e. The molecule has 0 spiro atoms. The van der Waals surface area contributed by atoms with Gasteiger partial charge in [0.1, 0.15) is 5.82 Å². The Balaban J connectivity index is 1.63. The van der Waals surface area contributed by atoms with Crippen LogP contribution in [0.4, 0.5) is 4.39 Å². The fraction of sp³-hybridized carbons (Fsp3) is 0.316.